The lowest BCUT2D eigenvalue weighted by Gasteiger charge is -2.22. The third-order valence-corrected chi connectivity index (χ3v) is 2.98. The van der Waals surface area contributed by atoms with Crippen LogP contribution in [0.5, 0.6) is 0 Å². The van der Waals surface area contributed by atoms with E-state index in [0.717, 1.165) is 5.69 Å². The molecule has 0 saturated heterocycles. The fraction of sp³-hybridized carbons (Fsp3) is 0.357. The molecule has 2 amide bonds. The molecule has 1 aromatic heterocycles. The molecule has 1 heterocycles. The zero-order valence-corrected chi connectivity index (χ0v) is 11.7. The molecule has 1 atom stereocenters. The van der Waals surface area contributed by atoms with Crippen LogP contribution in [0.2, 0.25) is 0 Å². The van der Waals surface area contributed by atoms with Gasteiger partial charge in [0.15, 0.2) is 0 Å². The molecule has 6 nitrogen and oxygen atoms in total. The topological polar surface area (TPSA) is 71.8 Å². The van der Waals surface area contributed by atoms with Gasteiger partial charge in [0.25, 0.3) is 0 Å². The first-order valence-electron chi connectivity index (χ1n) is 6.62. The maximum Gasteiger partial charge on any atom is 0.319 e. The maximum absolute atomic E-state index is 12.0. The van der Waals surface area contributed by atoms with Gasteiger partial charge in [0.2, 0.25) is 0 Å². The fourth-order valence-corrected chi connectivity index (χ4v) is 1.79. The summed E-state index contributed by atoms with van der Waals surface area (Å²) >= 11 is 0. The van der Waals surface area contributed by atoms with Crippen LogP contribution < -0.4 is 10.6 Å². The minimum atomic E-state index is -0.220. The quantitative estimate of drug-likeness (QED) is 0.876. The van der Waals surface area contributed by atoms with Crippen molar-refractivity contribution in [3.63, 3.8) is 0 Å². The number of hydrogen-bond acceptors (Lipinski definition) is 3. The molecule has 6 heteroatoms. The third-order valence-electron chi connectivity index (χ3n) is 2.98. The fourth-order valence-electron chi connectivity index (χ4n) is 1.79. The van der Waals surface area contributed by atoms with Gasteiger partial charge in [-0.1, -0.05) is 32.0 Å². The van der Waals surface area contributed by atoms with Gasteiger partial charge in [-0.25, -0.2) is 4.79 Å². The largest absolute Gasteiger partial charge is 0.333 e. The maximum atomic E-state index is 12.0. The van der Waals surface area contributed by atoms with Crippen LogP contribution in [-0.2, 0) is 6.54 Å². The molecular formula is C14H19N5O. The standard InChI is InChI=1S/C14H19N5O/c1-11(2)13(10-19-15-8-9-16-19)18-14(20)17-12-6-4-3-5-7-12/h3-9,11,13H,10H2,1-2H3,(H2,17,18,20). The zero-order chi connectivity index (χ0) is 14.4. The number of amides is 2. The average Bonchev–Trinajstić information content (AvgIpc) is 2.92. The van der Waals surface area contributed by atoms with Gasteiger partial charge in [-0.05, 0) is 18.1 Å². The van der Waals surface area contributed by atoms with Gasteiger partial charge in [-0.15, -0.1) is 0 Å². The number of nitrogens with zero attached hydrogens (tertiary/aromatic N) is 3. The second-order valence-electron chi connectivity index (χ2n) is 4.90. The van der Waals surface area contributed by atoms with Crippen LogP contribution in [0.1, 0.15) is 13.8 Å². The summed E-state index contributed by atoms with van der Waals surface area (Å²) in [7, 11) is 0. The van der Waals surface area contributed by atoms with Gasteiger partial charge in [0.1, 0.15) is 0 Å². The SMILES string of the molecule is CC(C)C(Cn1nccn1)NC(=O)Nc1ccccc1. The van der Waals surface area contributed by atoms with Crippen molar-refractivity contribution in [3.05, 3.63) is 42.7 Å². The van der Waals surface area contributed by atoms with Crippen molar-refractivity contribution in [1.82, 2.24) is 20.3 Å². The van der Waals surface area contributed by atoms with Crippen LogP contribution in [0.4, 0.5) is 10.5 Å². The first kappa shape index (κ1) is 14.0. The van der Waals surface area contributed by atoms with Crippen molar-refractivity contribution < 1.29 is 4.79 Å². The summed E-state index contributed by atoms with van der Waals surface area (Å²) in [6.07, 6.45) is 3.25. The molecule has 20 heavy (non-hydrogen) atoms. The van der Waals surface area contributed by atoms with Crippen molar-refractivity contribution in [2.75, 3.05) is 5.32 Å². The summed E-state index contributed by atoms with van der Waals surface area (Å²) in [5, 5.41) is 13.9. The van der Waals surface area contributed by atoms with Gasteiger partial charge in [-0.2, -0.15) is 15.0 Å². The van der Waals surface area contributed by atoms with E-state index < -0.39 is 0 Å². The lowest BCUT2D eigenvalue weighted by Crippen LogP contribution is -2.44. The van der Waals surface area contributed by atoms with E-state index in [-0.39, 0.29) is 18.0 Å². The number of nitrogens with one attached hydrogen (secondary N) is 2. The number of carbonyl (C=O) groups excluding carboxylic acids is 1. The number of anilines is 1. The molecule has 0 fully saturated rings. The Kier molecular flexibility index (Phi) is 4.70. The van der Waals surface area contributed by atoms with E-state index in [4.69, 9.17) is 0 Å². The highest BCUT2D eigenvalue weighted by Gasteiger charge is 2.17. The van der Waals surface area contributed by atoms with E-state index in [1.807, 2.05) is 30.3 Å². The molecule has 0 radical (unpaired) electrons. The molecule has 0 aliphatic heterocycles. The average molecular weight is 273 g/mol. The highest BCUT2D eigenvalue weighted by atomic mass is 16.2. The number of hydrogen-bond donors (Lipinski definition) is 2. The van der Waals surface area contributed by atoms with E-state index in [1.165, 1.54) is 0 Å². The Hall–Kier alpha value is -2.37. The number of carbonyl (C=O) groups is 1. The van der Waals surface area contributed by atoms with Crippen molar-refractivity contribution in [2.24, 2.45) is 5.92 Å². The van der Waals surface area contributed by atoms with E-state index >= 15 is 0 Å². The Balaban J connectivity index is 1.92. The molecule has 0 aliphatic rings. The van der Waals surface area contributed by atoms with E-state index in [2.05, 4.69) is 34.7 Å². The van der Waals surface area contributed by atoms with Crippen LogP contribution in [0, 0.1) is 5.92 Å². The Labute approximate surface area is 118 Å². The normalized spacial score (nSPS) is 12.2. The van der Waals surface area contributed by atoms with Crippen molar-refractivity contribution in [3.8, 4) is 0 Å². The van der Waals surface area contributed by atoms with Crippen molar-refractivity contribution in [1.29, 1.82) is 0 Å². The number of benzene rings is 1. The molecule has 0 spiro atoms. The molecule has 1 aromatic carbocycles. The van der Waals surface area contributed by atoms with Crippen molar-refractivity contribution >= 4 is 11.7 Å². The molecule has 0 aliphatic carbocycles. The predicted molar refractivity (Wildman–Crippen MR) is 77.2 cm³/mol. The summed E-state index contributed by atoms with van der Waals surface area (Å²) in [5.41, 5.74) is 0.768. The Bertz CT molecular complexity index is 524. The predicted octanol–water partition coefficient (Wildman–Crippen LogP) is 2.12. The van der Waals surface area contributed by atoms with Crippen LogP contribution in [0.25, 0.3) is 0 Å². The minimum Gasteiger partial charge on any atom is -0.333 e. The van der Waals surface area contributed by atoms with Crippen LogP contribution in [0.15, 0.2) is 42.7 Å². The van der Waals surface area contributed by atoms with E-state index in [1.54, 1.807) is 17.2 Å². The highest BCUT2D eigenvalue weighted by Crippen LogP contribution is 2.07. The smallest absolute Gasteiger partial charge is 0.319 e. The second-order valence-corrected chi connectivity index (χ2v) is 4.90. The summed E-state index contributed by atoms with van der Waals surface area (Å²) in [4.78, 5) is 13.6. The van der Waals surface area contributed by atoms with Gasteiger partial charge in [0, 0.05) is 5.69 Å². The molecule has 0 saturated carbocycles. The number of urea groups is 1. The first-order chi connectivity index (χ1) is 9.65. The minimum absolute atomic E-state index is 0.0360. The summed E-state index contributed by atoms with van der Waals surface area (Å²) in [6.45, 7) is 4.65. The summed E-state index contributed by atoms with van der Waals surface area (Å²) in [5.74, 6) is 0.280. The highest BCUT2D eigenvalue weighted by molar-refractivity contribution is 5.89. The molecule has 1 unspecified atom stereocenters. The molecule has 0 bridgehead atoms. The van der Waals surface area contributed by atoms with E-state index in [9.17, 15) is 4.79 Å². The number of rotatable bonds is 5. The van der Waals surface area contributed by atoms with Crippen LogP contribution >= 0.6 is 0 Å². The first-order valence-corrected chi connectivity index (χ1v) is 6.62. The van der Waals surface area contributed by atoms with Gasteiger partial charge in [-0.3, -0.25) is 0 Å². The van der Waals surface area contributed by atoms with Crippen molar-refractivity contribution in [2.45, 2.75) is 26.4 Å². The molecule has 2 rings (SSSR count). The Morgan fingerprint density at radius 3 is 2.45 bits per heavy atom. The third kappa shape index (κ3) is 4.08. The van der Waals surface area contributed by atoms with Crippen LogP contribution in [0.3, 0.4) is 0 Å². The molecular weight excluding hydrogens is 254 g/mol. The van der Waals surface area contributed by atoms with Gasteiger partial charge in [0.05, 0.1) is 25.0 Å². The monoisotopic (exact) mass is 273 g/mol. The van der Waals surface area contributed by atoms with Gasteiger partial charge < -0.3 is 10.6 Å². The van der Waals surface area contributed by atoms with E-state index in [0.29, 0.717) is 6.54 Å². The molecule has 2 aromatic rings. The number of para-hydroxylation sites is 1. The molecule has 106 valence electrons. The van der Waals surface area contributed by atoms with Crippen LogP contribution in [-0.4, -0.2) is 27.1 Å². The second kappa shape index (κ2) is 6.70. The Morgan fingerprint density at radius 2 is 1.85 bits per heavy atom. The zero-order valence-electron chi connectivity index (χ0n) is 11.7. The lowest BCUT2D eigenvalue weighted by atomic mass is 10.1. The lowest BCUT2D eigenvalue weighted by molar-refractivity contribution is 0.239. The molecule has 2 N–H and O–H groups in total. The summed E-state index contributed by atoms with van der Waals surface area (Å²) in [6, 6.07) is 9.10. The Morgan fingerprint density at radius 1 is 1.20 bits per heavy atom. The number of aromatic nitrogens is 3. The summed E-state index contributed by atoms with van der Waals surface area (Å²) < 4.78 is 0. The van der Waals surface area contributed by atoms with Gasteiger partial charge >= 0.3 is 6.03 Å².